The third kappa shape index (κ3) is 4.85. The molecule has 0 heterocycles. The van der Waals surface area contributed by atoms with Crippen molar-refractivity contribution in [1.29, 1.82) is 0 Å². The average Bonchev–Trinajstić information content (AvgIpc) is 2.59. The fourth-order valence-corrected chi connectivity index (χ4v) is 2.75. The fourth-order valence-electron chi connectivity index (χ4n) is 2.75. The monoisotopic (exact) mass is 331 g/mol. The molecule has 24 heavy (non-hydrogen) atoms. The van der Waals surface area contributed by atoms with Gasteiger partial charge in [-0.25, -0.2) is 0 Å². The van der Waals surface area contributed by atoms with Gasteiger partial charge in [0.15, 0.2) is 0 Å². The van der Waals surface area contributed by atoms with Crippen LogP contribution >= 0.6 is 0 Å². The summed E-state index contributed by atoms with van der Waals surface area (Å²) in [6.45, 7) is 4.06. The zero-order chi connectivity index (χ0) is 17.5. The predicted molar refractivity (Wildman–Crippen MR) is 91.4 cm³/mol. The highest BCUT2D eigenvalue weighted by molar-refractivity contribution is 5.86. The van der Waals surface area contributed by atoms with Gasteiger partial charge in [-0.1, -0.05) is 24.3 Å². The van der Waals surface area contributed by atoms with Crippen LogP contribution in [0.1, 0.15) is 32.3 Å². The minimum absolute atomic E-state index is 0.110. The average molecular weight is 331 g/mol. The summed E-state index contributed by atoms with van der Waals surface area (Å²) in [5.74, 6) is -0.411. The van der Waals surface area contributed by atoms with Crippen molar-refractivity contribution in [3.8, 4) is 5.75 Å². The molecule has 0 unspecified atom stereocenters. The number of ether oxygens (including phenoxy) is 2. The van der Waals surface area contributed by atoms with Crippen molar-refractivity contribution in [2.45, 2.75) is 39.3 Å². The number of esters is 1. The van der Waals surface area contributed by atoms with Crippen LogP contribution in [-0.2, 0) is 20.9 Å². The number of benzene rings is 1. The molecule has 130 valence electrons. The molecule has 5 nitrogen and oxygen atoms in total. The Morgan fingerprint density at radius 1 is 1.12 bits per heavy atom. The van der Waals surface area contributed by atoms with E-state index >= 15 is 0 Å². The molecule has 1 aromatic carbocycles. The maximum atomic E-state index is 12.5. The van der Waals surface area contributed by atoms with E-state index in [-0.39, 0.29) is 23.9 Å². The molecule has 2 rings (SSSR count). The molecular formula is C19H25NO4. The van der Waals surface area contributed by atoms with Crippen molar-refractivity contribution in [3.05, 3.63) is 42.0 Å². The molecule has 5 heteroatoms. The number of hydrogen-bond donors (Lipinski definition) is 1. The molecular weight excluding hydrogens is 306 g/mol. The molecule has 0 spiro atoms. The van der Waals surface area contributed by atoms with E-state index in [0.717, 1.165) is 11.3 Å². The molecule has 1 aliphatic rings. The molecule has 0 aromatic heterocycles. The summed E-state index contributed by atoms with van der Waals surface area (Å²) in [6, 6.07) is 7.52. The number of carbonyl (C=O) groups is 2. The zero-order valence-electron chi connectivity index (χ0n) is 14.5. The van der Waals surface area contributed by atoms with Gasteiger partial charge in [0.25, 0.3) is 0 Å². The van der Waals surface area contributed by atoms with Gasteiger partial charge in [-0.3, -0.25) is 9.59 Å². The number of hydrogen-bond acceptors (Lipinski definition) is 4. The van der Waals surface area contributed by atoms with Crippen molar-refractivity contribution in [3.63, 3.8) is 0 Å². The summed E-state index contributed by atoms with van der Waals surface area (Å²) in [4.78, 5) is 24.7. The first-order valence-corrected chi connectivity index (χ1v) is 8.27. The Morgan fingerprint density at radius 3 is 2.33 bits per heavy atom. The van der Waals surface area contributed by atoms with Crippen LogP contribution < -0.4 is 10.1 Å². The number of carbonyl (C=O) groups excluding carboxylic acids is 2. The van der Waals surface area contributed by atoms with Crippen LogP contribution in [0.15, 0.2) is 36.4 Å². The lowest BCUT2D eigenvalue weighted by Gasteiger charge is -2.26. The Kier molecular flexibility index (Phi) is 6.41. The number of methoxy groups -OCH3 is 1. The van der Waals surface area contributed by atoms with Crippen LogP contribution in [0.2, 0.25) is 0 Å². The van der Waals surface area contributed by atoms with Crippen LogP contribution in [-0.4, -0.2) is 25.1 Å². The van der Waals surface area contributed by atoms with Crippen molar-refractivity contribution < 1.29 is 19.1 Å². The number of amides is 1. The molecule has 1 N–H and O–H groups in total. The van der Waals surface area contributed by atoms with Crippen molar-refractivity contribution in [2.24, 2.45) is 11.8 Å². The Bertz CT molecular complexity index is 592. The summed E-state index contributed by atoms with van der Waals surface area (Å²) in [7, 11) is 1.61. The van der Waals surface area contributed by atoms with E-state index in [2.05, 4.69) is 5.32 Å². The highest BCUT2D eigenvalue weighted by Gasteiger charge is 2.35. The quantitative estimate of drug-likeness (QED) is 0.643. The van der Waals surface area contributed by atoms with Gasteiger partial charge in [0.1, 0.15) is 5.75 Å². The van der Waals surface area contributed by atoms with Gasteiger partial charge >= 0.3 is 5.97 Å². The summed E-state index contributed by atoms with van der Waals surface area (Å²) in [6.07, 6.45) is 4.83. The van der Waals surface area contributed by atoms with Gasteiger partial charge in [-0.2, -0.15) is 0 Å². The standard InChI is InChI=1S/C19H25NO4/c1-13(2)24-19(22)17-7-5-4-6-16(17)18(21)20-12-14-8-10-15(23-3)11-9-14/h4-5,8-11,13,16-17H,6-7,12H2,1-3H3,(H,20,21)/t16-,17+/m1/s1. The zero-order valence-corrected chi connectivity index (χ0v) is 14.5. The highest BCUT2D eigenvalue weighted by Crippen LogP contribution is 2.27. The van der Waals surface area contributed by atoms with Crippen LogP contribution in [0.5, 0.6) is 5.75 Å². The lowest BCUT2D eigenvalue weighted by atomic mass is 9.82. The summed E-state index contributed by atoms with van der Waals surface area (Å²) >= 11 is 0. The molecule has 0 saturated heterocycles. The van der Waals surface area contributed by atoms with E-state index in [1.807, 2.05) is 50.3 Å². The number of nitrogens with one attached hydrogen (secondary N) is 1. The van der Waals surface area contributed by atoms with Crippen molar-refractivity contribution in [1.82, 2.24) is 5.32 Å². The second-order valence-corrected chi connectivity index (χ2v) is 6.21. The normalized spacial score (nSPS) is 19.8. The van der Waals surface area contributed by atoms with Gasteiger partial charge in [0, 0.05) is 6.54 Å². The van der Waals surface area contributed by atoms with Gasteiger partial charge < -0.3 is 14.8 Å². The molecule has 0 saturated carbocycles. The minimum atomic E-state index is -0.409. The van der Waals surface area contributed by atoms with E-state index in [4.69, 9.17) is 9.47 Å². The molecule has 0 radical (unpaired) electrons. The molecule has 1 aromatic rings. The third-order valence-corrected chi connectivity index (χ3v) is 4.05. The number of rotatable bonds is 6. The molecule has 0 fully saturated rings. The Balaban J connectivity index is 1.95. The molecule has 1 aliphatic carbocycles. The van der Waals surface area contributed by atoms with Crippen LogP contribution in [0, 0.1) is 11.8 Å². The van der Waals surface area contributed by atoms with E-state index in [0.29, 0.717) is 19.4 Å². The lowest BCUT2D eigenvalue weighted by molar-refractivity contribution is -0.156. The first-order chi connectivity index (χ1) is 11.5. The largest absolute Gasteiger partial charge is 0.497 e. The van der Waals surface area contributed by atoms with E-state index in [1.54, 1.807) is 7.11 Å². The van der Waals surface area contributed by atoms with Crippen LogP contribution in [0.4, 0.5) is 0 Å². The Labute approximate surface area is 143 Å². The van der Waals surface area contributed by atoms with Gasteiger partial charge in [0.05, 0.1) is 25.0 Å². The first-order valence-electron chi connectivity index (χ1n) is 8.27. The second kappa shape index (κ2) is 8.52. The fraction of sp³-hybridized carbons (Fsp3) is 0.474. The Morgan fingerprint density at radius 2 is 1.75 bits per heavy atom. The van der Waals surface area contributed by atoms with Gasteiger partial charge in [0.2, 0.25) is 5.91 Å². The predicted octanol–water partition coefficient (Wildman–Crippen LogP) is 2.85. The lowest BCUT2D eigenvalue weighted by Crippen LogP contribution is -2.39. The Hall–Kier alpha value is -2.30. The maximum absolute atomic E-state index is 12.5. The van der Waals surface area contributed by atoms with E-state index in [1.165, 1.54) is 0 Å². The van der Waals surface area contributed by atoms with Gasteiger partial charge in [-0.05, 0) is 44.4 Å². The smallest absolute Gasteiger partial charge is 0.310 e. The molecule has 0 aliphatic heterocycles. The minimum Gasteiger partial charge on any atom is -0.497 e. The van der Waals surface area contributed by atoms with E-state index < -0.39 is 5.92 Å². The maximum Gasteiger partial charge on any atom is 0.310 e. The summed E-state index contributed by atoms with van der Waals surface area (Å²) in [5.41, 5.74) is 0.983. The highest BCUT2D eigenvalue weighted by atomic mass is 16.5. The van der Waals surface area contributed by atoms with Crippen LogP contribution in [0.25, 0.3) is 0 Å². The second-order valence-electron chi connectivity index (χ2n) is 6.21. The third-order valence-electron chi connectivity index (χ3n) is 4.05. The SMILES string of the molecule is COc1ccc(CNC(=O)[C@@H]2CC=CC[C@@H]2C(=O)OC(C)C)cc1. The van der Waals surface area contributed by atoms with Crippen molar-refractivity contribution in [2.75, 3.05) is 7.11 Å². The topological polar surface area (TPSA) is 64.6 Å². The first kappa shape index (κ1) is 18.0. The van der Waals surface area contributed by atoms with Gasteiger partial charge in [-0.15, -0.1) is 0 Å². The molecule has 1 amide bonds. The van der Waals surface area contributed by atoms with Crippen molar-refractivity contribution >= 4 is 11.9 Å². The molecule has 0 bridgehead atoms. The van der Waals surface area contributed by atoms with E-state index in [9.17, 15) is 9.59 Å². The summed E-state index contributed by atoms with van der Waals surface area (Å²) < 4.78 is 10.4. The molecule has 2 atom stereocenters. The summed E-state index contributed by atoms with van der Waals surface area (Å²) in [5, 5.41) is 2.92. The number of allylic oxidation sites excluding steroid dienone is 2. The van der Waals surface area contributed by atoms with Crippen LogP contribution in [0.3, 0.4) is 0 Å².